The van der Waals surface area contributed by atoms with Crippen LogP contribution in [0.1, 0.15) is 11.3 Å². The van der Waals surface area contributed by atoms with Crippen molar-refractivity contribution in [2.75, 3.05) is 6.61 Å². The van der Waals surface area contributed by atoms with Crippen LogP contribution in [-0.4, -0.2) is 11.7 Å². The van der Waals surface area contributed by atoms with Crippen molar-refractivity contribution in [2.24, 2.45) is 5.92 Å². The number of hydrogen-bond acceptors (Lipinski definition) is 2. The third-order valence-corrected chi connectivity index (χ3v) is 2.70. The van der Waals surface area contributed by atoms with Crippen LogP contribution in [0.5, 0.6) is 0 Å². The van der Waals surface area contributed by atoms with Gasteiger partial charge in [-0.15, -0.1) is 0 Å². The quantitative estimate of drug-likeness (QED) is 0.833. The van der Waals surface area contributed by atoms with Crippen molar-refractivity contribution in [3.8, 4) is 0 Å². The third kappa shape index (κ3) is 2.97. The van der Waals surface area contributed by atoms with E-state index in [2.05, 4.69) is 12.1 Å². The van der Waals surface area contributed by atoms with Crippen molar-refractivity contribution in [1.82, 2.24) is 0 Å². The molecule has 1 heterocycles. The maximum atomic E-state index is 9.34. The second kappa shape index (κ2) is 5.52. The van der Waals surface area contributed by atoms with Crippen LogP contribution in [0.25, 0.3) is 0 Å². The second-order valence-corrected chi connectivity index (χ2v) is 4.02. The minimum Gasteiger partial charge on any atom is -0.469 e. The van der Waals surface area contributed by atoms with Gasteiger partial charge in [-0.2, -0.15) is 0 Å². The minimum atomic E-state index is 0.190. The first-order valence-corrected chi connectivity index (χ1v) is 5.55. The molecule has 16 heavy (non-hydrogen) atoms. The Hall–Kier alpha value is -1.54. The summed E-state index contributed by atoms with van der Waals surface area (Å²) in [6, 6.07) is 14.1. The Morgan fingerprint density at radius 3 is 2.44 bits per heavy atom. The van der Waals surface area contributed by atoms with E-state index in [9.17, 15) is 5.11 Å². The van der Waals surface area contributed by atoms with Gasteiger partial charge in [0, 0.05) is 13.0 Å². The van der Waals surface area contributed by atoms with Crippen LogP contribution in [0.15, 0.2) is 53.1 Å². The van der Waals surface area contributed by atoms with Crippen LogP contribution >= 0.6 is 0 Å². The molecule has 1 N–H and O–H groups in total. The highest BCUT2D eigenvalue weighted by atomic mass is 16.3. The van der Waals surface area contributed by atoms with E-state index in [0.717, 1.165) is 18.6 Å². The van der Waals surface area contributed by atoms with Gasteiger partial charge in [0.05, 0.1) is 6.26 Å². The number of aliphatic hydroxyl groups excluding tert-OH is 1. The normalized spacial score (nSPS) is 12.6. The molecule has 1 aromatic carbocycles. The molecular weight excluding hydrogens is 200 g/mol. The van der Waals surface area contributed by atoms with Crippen molar-refractivity contribution in [2.45, 2.75) is 12.8 Å². The van der Waals surface area contributed by atoms with E-state index in [1.807, 2.05) is 30.3 Å². The number of aliphatic hydroxyl groups is 1. The lowest BCUT2D eigenvalue weighted by molar-refractivity contribution is 0.219. The van der Waals surface area contributed by atoms with E-state index in [1.54, 1.807) is 6.26 Å². The Balaban J connectivity index is 1.96. The van der Waals surface area contributed by atoms with Gasteiger partial charge in [0.1, 0.15) is 5.76 Å². The molecule has 0 spiro atoms. The van der Waals surface area contributed by atoms with Crippen LogP contribution in [0.3, 0.4) is 0 Å². The zero-order chi connectivity index (χ0) is 11.2. The SMILES string of the molecule is OCC(Cc1ccccc1)Cc1ccco1. The summed E-state index contributed by atoms with van der Waals surface area (Å²) in [5.74, 6) is 1.17. The number of hydrogen-bond donors (Lipinski definition) is 1. The first-order chi connectivity index (χ1) is 7.88. The highest BCUT2D eigenvalue weighted by Gasteiger charge is 2.11. The predicted molar refractivity (Wildman–Crippen MR) is 63.1 cm³/mol. The molecule has 0 amide bonds. The molecule has 1 atom stereocenters. The van der Waals surface area contributed by atoms with E-state index < -0.39 is 0 Å². The molecular formula is C14H16O2. The molecule has 84 valence electrons. The smallest absolute Gasteiger partial charge is 0.104 e. The fourth-order valence-corrected chi connectivity index (χ4v) is 1.86. The summed E-state index contributed by atoms with van der Waals surface area (Å²) >= 11 is 0. The lowest BCUT2D eigenvalue weighted by atomic mass is 9.96. The van der Waals surface area contributed by atoms with Crippen molar-refractivity contribution in [3.05, 3.63) is 60.1 Å². The fourth-order valence-electron chi connectivity index (χ4n) is 1.86. The van der Waals surface area contributed by atoms with Crippen molar-refractivity contribution >= 4 is 0 Å². The van der Waals surface area contributed by atoms with Crippen LogP contribution in [0.4, 0.5) is 0 Å². The molecule has 1 unspecified atom stereocenters. The molecule has 1 aromatic heterocycles. The van der Waals surface area contributed by atoms with Crippen LogP contribution in [-0.2, 0) is 12.8 Å². The van der Waals surface area contributed by atoms with Gasteiger partial charge in [0.2, 0.25) is 0 Å². The molecule has 0 aliphatic rings. The molecule has 2 aromatic rings. The molecule has 2 nitrogen and oxygen atoms in total. The summed E-state index contributed by atoms with van der Waals surface area (Å²) in [6.45, 7) is 0.190. The fraction of sp³-hybridized carbons (Fsp3) is 0.286. The Labute approximate surface area is 95.5 Å². The highest BCUT2D eigenvalue weighted by molar-refractivity contribution is 5.15. The summed E-state index contributed by atoms with van der Waals surface area (Å²) in [5, 5.41) is 9.34. The standard InChI is InChI=1S/C14H16O2/c15-11-13(10-14-7-4-8-16-14)9-12-5-2-1-3-6-12/h1-8,13,15H,9-11H2. The lowest BCUT2D eigenvalue weighted by Gasteiger charge is -2.12. The van der Waals surface area contributed by atoms with Crippen molar-refractivity contribution in [1.29, 1.82) is 0 Å². The van der Waals surface area contributed by atoms with E-state index >= 15 is 0 Å². The van der Waals surface area contributed by atoms with Gasteiger partial charge in [-0.3, -0.25) is 0 Å². The Kier molecular flexibility index (Phi) is 3.78. The molecule has 2 rings (SSSR count). The first-order valence-electron chi connectivity index (χ1n) is 5.55. The second-order valence-electron chi connectivity index (χ2n) is 4.02. The van der Waals surface area contributed by atoms with Crippen LogP contribution in [0.2, 0.25) is 0 Å². The maximum absolute atomic E-state index is 9.34. The predicted octanol–water partition coefficient (Wildman–Crippen LogP) is 2.67. The third-order valence-electron chi connectivity index (χ3n) is 2.70. The maximum Gasteiger partial charge on any atom is 0.104 e. The van der Waals surface area contributed by atoms with E-state index in [4.69, 9.17) is 4.42 Å². The van der Waals surface area contributed by atoms with Gasteiger partial charge >= 0.3 is 0 Å². The van der Waals surface area contributed by atoms with E-state index in [0.29, 0.717) is 0 Å². The highest BCUT2D eigenvalue weighted by Crippen LogP contribution is 2.14. The van der Waals surface area contributed by atoms with Gasteiger partial charge in [-0.1, -0.05) is 30.3 Å². The number of furan rings is 1. The molecule has 0 saturated carbocycles. The molecule has 0 fully saturated rings. The van der Waals surface area contributed by atoms with Crippen molar-refractivity contribution < 1.29 is 9.52 Å². The van der Waals surface area contributed by atoms with Gasteiger partial charge in [0.15, 0.2) is 0 Å². The Morgan fingerprint density at radius 2 is 1.81 bits per heavy atom. The van der Waals surface area contributed by atoms with Gasteiger partial charge in [-0.05, 0) is 30.0 Å². The summed E-state index contributed by atoms with van der Waals surface area (Å²) in [7, 11) is 0. The summed E-state index contributed by atoms with van der Waals surface area (Å²) in [4.78, 5) is 0. The molecule has 0 radical (unpaired) electrons. The average molecular weight is 216 g/mol. The van der Waals surface area contributed by atoms with E-state index in [-0.39, 0.29) is 12.5 Å². The number of rotatable bonds is 5. The zero-order valence-electron chi connectivity index (χ0n) is 9.17. The van der Waals surface area contributed by atoms with Crippen LogP contribution < -0.4 is 0 Å². The molecule has 0 aliphatic heterocycles. The van der Waals surface area contributed by atoms with Gasteiger partial charge in [-0.25, -0.2) is 0 Å². The van der Waals surface area contributed by atoms with Crippen LogP contribution in [0, 0.1) is 5.92 Å². The monoisotopic (exact) mass is 216 g/mol. The van der Waals surface area contributed by atoms with Gasteiger partial charge in [0.25, 0.3) is 0 Å². The molecule has 2 heteroatoms. The summed E-state index contributed by atoms with van der Waals surface area (Å²) in [6.07, 6.45) is 3.35. The molecule has 0 aliphatic carbocycles. The number of benzene rings is 1. The largest absolute Gasteiger partial charge is 0.469 e. The zero-order valence-corrected chi connectivity index (χ0v) is 9.17. The lowest BCUT2D eigenvalue weighted by Crippen LogP contribution is -2.12. The summed E-state index contributed by atoms with van der Waals surface area (Å²) in [5.41, 5.74) is 1.26. The van der Waals surface area contributed by atoms with Gasteiger partial charge < -0.3 is 9.52 Å². The first kappa shape index (κ1) is 11.0. The molecule has 0 saturated heterocycles. The summed E-state index contributed by atoms with van der Waals surface area (Å²) < 4.78 is 5.29. The Morgan fingerprint density at radius 1 is 1.00 bits per heavy atom. The average Bonchev–Trinajstić information content (AvgIpc) is 2.82. The minimum absolute atomic E-state index is 0.190. The topological polar surface area (TPSA) is 33.4 Å². The Bertz CT molecular complexity index is 392. The van der Waals surface area contributed by atoms with Crippen molar-refractivity contribution in [3.63, 3.8) is 0 Å². The van der Waals surface area contributed by atoms with E-state index in [1.165, 1.54) is 5.56 Å². The molecule has 0 bridgehead atoms.